The van der Waals surface area contributed by atoms with E-state index in [1.165, 1.54) is 4.90 Å². The van der Waals surface area contributed by atoms with E-state index in [2.05, 4.69) is 0 Å². The first-order valence-corrected chi connectivity index (χ1v) is 4.71. The fourth-order valence-electron chi connectivity index (χ4n) is 1.49. The number of hydrogen-bond donors (Lipinski definition) is 2. The van der Waals surface area contributed by atoms with Crippen LogP contribution in [-0.4, -0.2) is 53.4 Å². The molecule has 0 spiro atoms. The minimum Gasteiger partial charge on any atom is -0.548 e. The summed E-state index contributed by atoms with van der Waals surface area (Å²) in [5.41, 5.74) is 0. The van der Waals surface area contributed by atoms with E-state index in [9.17, 15) is 9.90 Å². The van der Waals surface area contributed by atoms with Gasteiger partial charge in [-0.15, -0.1) is 0 Å². The van der Waals surface area contributed by atoms with Gasteiger partial charge in [-0.25, -0.2) is 0 Å². The standard InChI is InChI=1S/C9H19NO4.Na/c1-7(2)8(9(13)14)10(3-5-11)4-6-12;/h7-8,11-12H,3-6H2,1-2H3,(H,13,14);/q;+1/p-1. The molecule has 1 unspecified atom stereocenters. The predicted molar refractivity (Wildman–Crippen MR) is 49.4 cm³/mol. The van der Waals surface area contributed by atoms with Gasteiger partial charge in [0.1, 0.15) is 0 Å². The molecule has 0 saturated heterocycles. The molecule has 0 aliphatic carbocycles. The Hall–Kier alpha value is 0.350. The third kappa shape index (κ3) is 6.50. The summed E-state index contributed by atoms with van der Waals surface area (Å²) in [5, 5.41) is 28.3. The van der Waals surface area contributed by atoms with Crippen LogP contribution in [-0.2, 0) is 4.79 Å². The van der Waals surface area contributed by atoms with Crippen LogP contribution in [0.25, 0.3) is 0 Å². The van der Waals surface area contributed by atoms with Crippen molar-refractivity contribution in [1.82, 2.24) is 4.90 Å². The molecule has 0 fully saturated rings. The molecule has 0 bridgehead atoms. The quantitative estimate of drug-likeness (QED) is 0.426. The van der Waals surface area contributed by atoms with Crippen LogP contribution in [0.1, 0.15) is 13.8 Å². The van der Waals surface area contributed by atoms with Crippen molar-refractivity contribution >= 4 is 5.97 Å². The number of aliphatic hydroxyl groups is 2. The fourth-order valence-corrected chi connectivity index (χ4v) is 1.49. The molecule has 0 radical (unpaired) electrons. The molecule has 2 N–H and O–H groups in total. The SMILES string of the molecule is CC(C)C(C(=O)[O-])N(CCO)CCO.[Na+]. The normalized spacial score (nSPS) is 12.7. The number of hydrogen-bond acceptors (Lipinski definition) is 5. The number of carbonyl (C=O) groups excluding carboxylic acids is 1. The topological polar surface area (TPSA) is 83.8 Å². The van der Waals surface area contributed by atoms with Crippen molar-refractivity contribution in [2.24, 2.45) is 5.92 Å². The molecule has 5 nitrogen and oxygen atoms in total. The Morgan fingerprint density at radius 1 is 1.27 bits per heavy atom. The van der Waals surface area contributed by atoms with E-state index < -0.39 is 12.0 Å². The van der Waals surface area contributed by atoms with Gasteiger partial charge in [0, 0.05) is 13.1 Å². The van der Waals surface area contributed by atoms with Gasteiger partial charge in [0.25, 0.3) is 0 Å². The first-order chi connectivity index (χ1) is 6.54. The Bertz CT molecular complexity index is 171. The van der Waals surface area contributed by atoms with Crippen LogP contribution in [0, 0.1) is 5.92 Å². The van der Waals surface area contributed by atoms with Gasteiger partial charge in [0.05, 0.1) is 25.2 Å². The molecule has 0 aromatic heterocycles. The van der Waals surface area contributed by atoms with E-state index in [0.717, 1.165) is 0 Å². The maximum Gasteiger partial charge on any atom is 1.00 e. The molecule has 0 rings (SSSR count). The largest absolute Gasteiger partial charge is 1.00 e. The zero-order chi connectivity index (χ0) is 11.1. The van der Waals surface area contributed by atoms with Crippen LogP contribution in [0.2, 0.25) is 0 Å². The van der Waals surface area contributed by atoms with Crippen molar-refractivity contribution < 1.29 is 49.7 Å². The second kappa shape index (κ2) is 9.57. The van der Waals surface area contributed by atoms with E-state index in [1.54, 1.807) is 13.8 Å². The van der Waals surface area contributed by atoms with E-state index in [-0.39, 0.29) is 61.8 Å². The maximum atomic E-state index is 10.8. The molecule has 0 aliphatic heterocycles. The minimum atomic E-state index is -1.16. The number of aliphatic carboxylic acids is 1. The van der Waals surface area contributed by atoms with E-state index in [4.69, 9.17) is 10.2 Å². The Labute approximate surface area is 112 Å². The second-order valence-electron chi connectivity index (χ2n) is 3.49. The van der Waals surface area contributed by atoms with Crippen LogP contribution >= 0.6 is 0 Å². The van der Waals surface area contributed by atoms with Crippen molar-refractivity contribution in [3.05, 3.63) is 0 Å². The maximum absolute atomic E-state index is 10.8. The van der Waals surface area contributed by atoms with Gasteiger partial charge in [0.2, 0.25) is 0 Å². The van der Waals surface area contributed by atoms with E-state index in [0.29, 0.717) is 0 Å². The molecule has 0 saturated carbocycles. The molecule has 1 atom stereocenters. The summed E-state index contributed by atoms with van der Waals surface area (Å²) in [5.74, 6) is -1.28. The first kappa shape index (κ1) is 17.7. The molecule has 0 amide bonds. The molecule has 0 heterocycles. The van der Waals surface area contributed by atoms with Crippen molar-refractivity contribution in [1.29, 1.82) is 0 Å². The Morgan fingerprint density at radius 2 is 1.67 bits per heavy atom. The van der Waals surface area contributed by atoms with E-state index in [1.807, 2.05) is 0 Å². The summed E-state index contributed by atoms with van der Waals surface area (Å²) >= 11 is 0. The summed E-state index contributed by atoms with van der Waals surface area (Å²) in [7, 11) is 0. The number of carbonyl (C=O) groups is 1. The van der Waals surface area contributed by atoms with Crippen molar-refractivity contribution in [3.8, 4) is 0 Å². The summed E-state index contributed by atoms with van der Waals surface area (Å²) in [6, 6.07) is -0.755. The van der Waals surface area contributed by atoms with Gasteiger partial charge in [-0.05, 0) is 5.92 Å². The van der Waals surface area contributed by atoms with E-state index >= 15 is 0 Å². The van der Waals surface area contributed by atoms with Crippen molar-refractivity contribution in [2.75, 3.05) is 26.3 Å². The average Bonchev–Trinajstić information content (AvgIpc) is 2.03. The third-order valence-electron chi connectivity index (χ3n) is 2.04. The Balaban J connectivity index is 0. The minimum absolute atomic E-state index is 0. The van der Waals surface area contributed by atoms with Crippen molar-refractivity contribution in [3.63, 3.8) is 0 Å². The molecular weight excluding hydrogens is 209 g/mol. The molecule has 15 heavy (non-hydrogen) atoms. The Kier molecular flexibility index (Phi) is 11.3. The number of aliphatic hydroxyl groups excluding tert-OH is 2. The molecule has 0 aromatic rings. The summed E-state index contributed by atoms with van der Waals surface area (Å²) in [6.07, 6.45) is 0. The van der Waals surface area contributed by atoms with Crippen LogP contribution in [0.3, 0.4) is 0 Å². The number of rotatable bonds is 7. The molecule has 84 valence electrons. The van der Waals surface area contributed by atoms with Gasteiger partial charge in [-0.2, -0.15) is 0 Å². The van der Waals surface area contributed by atoms with Gasteiger partial charge < -0.3 is 20.1 Å². The Morgan fingerprint density at radius 3 is 1.87 bits per heavy atom. The second-order valence-corrected chi connectivity index (χ2v) is 3.49. The van der Waals surface area contributed by atoms with Gasteiger partial charge in [-0.3, -0.25) is 4.90 Å². The number of nitrogens with zero attached hydrogens (tertiary/aromatic N) is 1. The molecule has 0 aliphatic rings. The zero-order valence-electron chi connectivity index (χ0n) is 9.64. The van der Waals surface area contributed by atoms with Crippen LogP contribution in [0.5, 0.6) is 0 Å². The smallest absolute Gasteiger partial charge is 0.548 e. The zero-order valence-corrected chi connectivity index (χ0v) is 11.6. The fraction of sp³-hybridized carbons (Fsp3) is 0.889. The van der Waals surface area contributed by atoms with Crippen LogP contribution in [0.15, 0.2) is 0 Å². The predicted octanol–water partition coefficient (Wildman–Crippen LogP) is -4.95. The molecule has 6 heteroatoms. The van der Waals surface area contributed by atoms with Crippen LogP contribution < -0.4 is 34.7 Å². The van der Waals surface area contributed by atoms with Gasteiger partial charge in [-0.1, -0.05) is 13.8 Å². The number of carboxylic acids is 1. The number of carboxylic acid groups (broad SMARTS) is 1. The first-order valence-electron chi connectivity index (χ1n) is 4.71. The molecule has 0 aromatic carbocycles. The van der Waals surface area contributed by atoms with Gasteiger partial charge >= 0.3 is 29.6 Å². The summed E-state index contributed by atoms with van der Waals surface area (Å²) < 4.78 is 0. The molecular formula is C9H18NNaO4. The third-order valence-corrected chi connectivity index (χ3v) is 2.04. The monoisotopic (exact) mass is 227 g/mol. The van der Waals surface area contributed by atoms with Crippen molar-refractivity contribution in [2.45, 2.75) is 19.9 Å². The van der Waals surface area contributed by atoms with Crippen LogP contribution in [0.4, 0.5) is 0 Å². The average molecular weight is 227 g/mol. The van der Waals surface area contributed by atoms with Gasteiger partial charge in [0.15, 0.2) is 0 Å². The summed E-state index contributed by atoms with van der Waals surface area (Å²) in [6.45, 7) is 3.74. The summed E-state index contributed by atoms with van der Waals surface area (Å²) in [4.78, 5) is 12.3.